The van der Waals surface area contributed by atoms with E-state index in [1.54, 1.807) is 0 Å². The minimum atomic E-state index is 0.914. The van der Waals surface area contributed by atoms with Gasteiger partial charge in [0.05, 0.1) is 16.6 Å². The maximum absolute atomic E-state index is 6.38. The van der Waals surface area contributed by atoms with E-state index < -0.39 is 0 Å². The Morgan fingerprint density at radius 1 is 0.455 bits per heavy atom. The molecule has 10 rings (SSSR count). The van der Waals surface area contributed by atoms with E-state index in [0.29, 0.717) is 0 Å². The van der Waals surface area contributed by atoms with Crippen molar-refractivity contribution in [3.05, 3.63) is 146 Å². The van der Waals surface area contributed by atoms with Gasteiger partial charge < -0.3 is 4.42 Å². The molecule has 0 saturated carbocycles. The van der Waals surface area contributed by atoms with E-state index in [0.717, 1.165) is 66.4 Å². The summed E-state index contributed by atoms with van der Waals surface area (Å²) in [6, 6.07) is 52.0. The van der Waals surface area contributed by atoms with Gasteiger partial charge >= 0.3 is 0 Å². The number of benzene rings is 7. The zero-order chi connectivity index (χ0) is 28.8. The molecule has 0 aliphatic rings. The summed E-state index contributed by atoms with van der Waals surface area (Å²) >= 11 is 0. The van der Waals surface area contributed by atoms with Crippen molar-refractivity contribution in [2.24, 2.45) is 0 Å². The predicted molar refractivity (Wildman–Crippen MR) is 183 cm³/mol. The minimum absolute atomic E-state index is 0.914. The average Bonchev–Trinajstić information content (AvgIpc) is 3.67. The van der Waals surface area contributed by atoms with Crippen LogP contribution in [-0.2, 0) is 0 Å². The number of fused-ring (bicyclic) bond motifs is 12. The van der Waals surface area contributed by atoms with E-state index >= 15 is 0 Å². The Morgan fingerprint density at radius 2 is 1.18 bits per heavy atom. The van der Waals surface area contributed by atoms with Gasteiger partial charge in [-0.3, -0.25) is 4.40 Å². The van der Waals surface area contributed by atoms with Crippen molar-refractivity contribution in [1.29, 1.82) is 0 Å². The van der Waals surface area contributed by atoms with Crippen LogP contribution in [0.1, 0.15) is 0 Å². The fourth-order valence-electron chi connectivity index (χ4n) is 7.06. The second-order valence-electron chi connectivity index (χ2n) is 11.6. The molecule has 3 aromatic heterocycles. The molecule has 7 aromatic carbocycles. The van der Waals surface area contributed by atoms with Gasteiger partial charge in [0.15, 0.2) is 0 Å². The molecular formula is C41H24N2O. The summed E-state index contributed by atoms with van der Waals surface area (Å²) in [5.41, 5.74) is 10.7. The topological polar surface area (TPSA) is 30.4 Å². The van der Waals surface area contributed by atoms with Crippen LogP contribution >= 0.6 is 0 Å². The Labute approximate surface area is 252 Å². The van der Waals surface area contributed by atoms with Gasteiger partial charge in [-0.05, 0) is 75.3 Å². The second-order valence-corrected chi connectivity index (χ2v) is 11.6. The highest BCUT2D eigenvalue weighted by Crippen LogP contribution is 2.39. The number of rotatable bonds is 2. The third kappa shape index (κ3) is 3.29. The van der Waals surface area contributed by atoms with Crippen LogP contribution in [0.25, 0.3) is 93.3 Å². The second kappa shape index (κ2) is 8.79. The fourth-order valence-corrected chi connectivity index (χ4v) is 7.06. The van der Waals surface area contributed by atoms with Crippen LogP contribution < -0.4 is 0 Å². The third-order valence-electron chi connectivity index (χ3n) is 9.13. The van der Waals surface area contributed by atoms with E-state index in [-0.39, 0.29) is 0 Å². The van der Waals surface area contributed by atoms with E-state index in [1.165, 1.54) is 26.9 Å². The summed E-state index contributed by atoms with van der Waals surface area (Å²) in [7, 11) is 0. The first-order chi connectivity index (χ1) is 21.8. The molecule has 0 saturated heterocycles. The van der Waals surface area contributed by atoms with E-state index in [9.17, 15) is 0 Å². The molecule has 0 aliphatic carbocycles. The van der Waals surface area contributed by atoms with Crippen LogP contribution in [0.3, 0.4) is 0 Å². The summed E-state index contributed by atoms with van der Waals surface area (Å²) in [6.45, 7) is 0. The number of imidazole rings is 1. The first-order valence-electron chi connectivity index (χ1n) is 15.0. The Balaban J connectivity index is 1.23. The van der Waals surface area contributed by atoms with Crippen molar-refractivity contribution < 1.29 is 4.42 Å². The molecule has 0 spiro atoms. The lowest BCUT2D eigenvalue weighted by molar-refractivity contribution is 0.670. The highest BCUT2D eigenvalue weighted by atomic mass is 16.3. The van der Waals surface area contributed by atoms with Gasteiger partial charge in [0, 0.05) is 27.1 Å². The molecule has 3 heteroatoms. The van der Waals surface area contributed by atoms with Crippen LogP contribution in [0.15, 0.2) is 150 Å². The van der Waals surface area contributed by atoms with Crippen molar-refractivity contribution >= 4 is 71.1 Å². The smallest absolute Gasteiger partial charge is 0.146 e. The Bertz CT molecular complexity index is 2780. The Hall–Kier alpha value is -5.93. The first kappa shape index (κ1) is 23.6. The molecule has 0 N–H and O–H groups in total. The number of hydrogen-bond donors (Lipinski definition) is 0. The highest BCUT2D eigenvalue weighted by Gasteiger charge is 2.16. The summed E-state index contributed by atoms with van der Waals surface area (Å²) in [5.74, 6) is 0. The van der Waals surface area contributed by atoms with Crippen molar-refractivity contribution in [3.8, 4) is 22.3 Å². The maximum atomic E-state index is 6.38. The molecule has 0 unspecified atom stereocenters. The fraction of sp³-hybridized carbons (Fsp3) is 0. The van der Waals surface area contributed by atoms with Crippen molar-refractivity contribution in [3.63, 3.8) is 0 Å². The van der Waals surface area contributed by atoms with Gasteiger partial charge in [-0.25, -0.2) is 4.98 Å². The standard InChI is InChI=1S/C41H24N2O/c1-2-10-27-23-35-34(22-26(27)9-1)31-20-19-28(24-38(31)43-37-17-5-4-16-36(37)42-41(35)43)25-11-7-12-29(21-25)30-14-8-15-33-32-13-3-6-18-39(32)44-40(30)33/h1-24H. The van der Waals surface area contributed by atoms with Gasteiger partial charge in [-0.2, -0.15) is 0 Å². The summed E-state index contributed by atoms with van der Waals surface area (Å²) in [6.07, 6.45) is 0. The lowest BCUT2D eigenvalue weighted by Gasteiger charge is -2.13. The van der Waals surface area contributed by atoms with Crippen LogP contribution in [0, 0.1) is 0 Å². The molecule has 3 nitrogen and oxygen atoms in total. The minimum Gasteiger partial charge on any atom is -0.455 e. The number of furan rings is 1. The molecule has 3 heterocycles. The van der Waals surface area contributed by atoms with E-state index in [1.807, 2.05) is 12.1 Å². The molecule has 10 aromatic rings. The quantitative estimate of drug-likeness (QED) is 0.155. The number of hydrogen-bond acceptors (Lipinski definition) is 2. The van der Waals surface area contributed by atoms with Crippen LogP contribution in [0.4, 0.5) is 0 Å². The summed E-state index contributed by atoms with van der Waals surface area (Å²) in [4.78, 5) is 5.16. The molecule has 44 heavy (non-hydrogen) atoms. The van der Waals surface area contributed by atoms with Crippen LogP contribution in [-0.4, -0.2) is 9.38 Å². The van der Waals surface area contributed by atoms with Crippen LogP contribution in [0.5, 0.6) is 0 Å². The van der Waals surface area contributed by atoms with Gasteiger partial charge in [0.25, 0.3) is 0 Å². The molecule has 0 fully saturated rings. The molecule has 0 radical (unpaired) electrons. The predicted octanol–water partition coefficient (Wildman–Crippen LogP) is 11.2. The molecule has 0 aliphatic heterocycles. The highest BCUT2D eigenvalue weighted by molar-refractivity contribution is 6.18. The average molecular weight is 561 g/mol. The SMILES string of the molecule is c1cc(-c2ccc3c4cc5ccccc5cc4c4nc5ccccc5n4c3c2)cc(-c2cccc3c2oc2ccccc23)c1. The molecular weight excluding hydrogens is 536 g/mol. The number of pyridine rings is 1. The van der Waals surface area contributed by atoms with E-state index in [4.69, 9.17) is 9.40 Å². The third-order valence-corrected chi connectivity index (χ3v) is 9.13. The monoisotopic (exact) mass is 560 g/mol. The molecule has 0 bridgehead atoms. The van der Waals surface area contributed by atoms with Crippen molar-refractivity contribution in [2.75, 3.05) is 0 Å². The van der Waals surface area contributed by atoms with Gasteiger partial charge in [-0.1, -0.05) is 103 Å². The van der Waals surface area contributed by atoms with Crippen LogP contribution in [0.2, 0.25) is 0 Å². The maximum Gasteiger partial charge on any atom is 0.146 e. The van der Waals surface area contributed by atoms with Crippen molar-refractivity contribution in [1.82, 2.24) is 9.38 Å². The first-order valence-corrected chi connectivity index (χ1v) is 15.0. The zero-order valence-corrected chi connectivity index (χ0v) is 23.7. The summed E-state index contributed by atoms with van der Waals surface area (Å²) in [5, 5.41) is 8.35. The van der Waals surface area contributed by atoms with Crippen molar-refractivity contribution in [2.45, 2.75) is 0 Å². The summed E-state index contributed by atoms with van der Waals surface area (Å²) < 4.78 is 8.72. The Morgan fingerprint density at radius 3 is 2.11 bits per heavy atom. The Kier molecular flexibility index (Phi) is 4.72. The lowest BCUT2D eigenvalue weighted by atomic mass is 9.95. The van der Waals surface area contributed by atoms with Gasteiger partial charge in [0.1, 0.15) is 16.8 Å². The van der Waals surface area contributed by atoms with Gasteiger partial charge in [0.2, 0.25) is 0 Å². The normalized spacial score (nSPS) is 12.1. The number of nitrogens with zero attached hydrogens (tertiary/aromatic N) is 2. The molecule has 0 atom stereocenters. The number of para-hydroxylation sites is 4. The zero-order valence-electron chi connectivity index (χ0n) is 23.7. The molecule has 204 valence electrons. The number of aromatic nitrogens is 2. The lowest BCUT2D eigenvalue weighted by Crippen LogP contribution is -1.93. The van der Waals surface area contributed by atoms with E-state index in [2.05, 4.69) is 138 Å². The largest absolute Gasteiger partial charge is 0.455 e. The van der Waals surface area contributed by atoms with Gasteiger partial charge in [-0.15, -0.1) is 0 Å². The molecule has 0 amide bonds.